The zero-order valence-electron chi connectivity index (χ0n) is 12.7. The van der Waals surface area contributed by atoms with Gasteiger partial charge in [0.15, 0.2) is 0 Å². The van der Waals surface area contributed by atoms with Crippen molar-refractivity contribution in [2.24, 2.45) is 0 Å². The maximum Gasteiger partial charge on any atom is 0.124 e. The SMILES string of the molecule is COc1ccc2[nH]c(C)c(CC=O)c2c1Cc1ccncc1. The van der Waals surface area contributed by atoms with E-state index in [1.165, 1.54) is 0 Å². The molecule has 0 radical (unpaired) electrons. The molecule has 4 nitrogen and oxygen atoms in total. The zero-order chi connectivity index (χ0) is 15.5. The third kappa shape index (κ3) is 2.48. The van der Waals surface area contributed by atoms with Crippen LogP contribution in [0.1, 0.15) is 22.4 Å². The molecule has 0 aliphatic rings. The Kier molecular flexibility index (Phi) is 3.92. The van der Waals surface area contributed by atoms with Crippen molar-refractivity contribution < 1.29 is 9.53 Å². The number of hydrogen-bond acceptors (Lipinski definition) is 3. The van der Waals surface area contributed by atoms with E-state index in [0.717, 1.165) is 51.7 Å². The highest BCUT2D eigenvalue weighted by Crippen LogP contribution is 2.34. The average molecular weight is 294 g/mol. The number of H-pyrrole nitrogens is 1. The van der Waals surface area contributed by atoms with Gasteiger partial charge in [0.05, 0.1) is 7.11 Å². The summed E-state index contributed by atoms with van der Waals surface area (Å²) in [4.78, 5) is 18.5. The molecule has 1 N–H and O–H groups in total. The van der Waals surface area contributed by atoms with Crippen LogP contribution in [0.5, 0.6) is 5.75 Å². The van der Waals surface area contributed by atoms with Crippen molar-refractivity contribution in [1.29, 1.82) is 0 Å². The maximum absolute atomic E-state index is 11.0. The Labute approximate surface area is 129 Å². The highest BCUT2D eigenvalue weighted by Gasteiger charge is 2.16. The summed E-state index contributed by atoms with van der Waals surface area (Å²) in [6.45, 7) is 2.00. The first-order valence-corrected chi connectivity index (χ1v) is 7.24. The number of pyridine rings is 1. The Morgan fingerprint density at radius 2 is 1.95 bits per heavy atom. The molecule has 0 aliphatic heterocycles. The maximum atomic E-state index is 11.0. The summed E-state index contributed by atoms with van der Waals surface area (Å²) in [5, 5.41) is 1.10. The third-order valence-electron chi connectivity index (χ3n) is 3.98. The molecule has 0 aliphatic carbocycles. The number of methoxy groups -OCH3 is 1. The van der Waals surface area contributed by atoms with Gasteiger partial charge in [-0.2, -0.15) is 0 Å². The zero-order valence-corrected chi connectivity index (χ0v) is 12.7. The molecule has 4 heteroatoms. The lowest BCUT2D eigenvalue weighted by Crippen LogP contribution is -1.97. The summed E-state index contributed by atoms with van der Waals surface area (Å²) in [5.74, 6) is 0.843. The molecule has 0 bridgehead atoms. The number of aryl methyl sites for hydroxylation is 1. The highest BCUT2D eigenvalue weighted by molar-refractivity contribution is 5.91. The normalized spacial score (nSPS) is 10.8. The number of aldehydes is 1. The van der Waals surface area contributed by atoms with Crippen molar-refractivity contribution in [3.63, 3.8) is 0 Å². The molecular formula is C18H18N2O2. The molecule has 0 saturated heterocycles. The molecule has 2 heterocycles. The van der Waals surface area contributed by atoms with Crippen LogP contribution in [0.4, 0.5) is 0 Å². The van der Waals surface area contributed by atoms with E-state index < -0.39 is 0 Å². The number of ether oxygens (including phenoxy) is 1. The predicted molar refractivity (Wildman–Crippen MR) is 86.4 cm³/mol. The van der Waals surface area contributed by atoms with Crippen LogP contribution in [0.3, 0.4) is 0 Å². The van der Waals surface area contributed by atoms with Crippen LogP contribution < -0.4 is 4.74 Å². The van der Waals surface area contributed by atoms with Gasteiger partial charge >= 0.3 is 0 Å². The Bertz CT molecular complexity index is 807. The van der Waals surface area contributed by atoms with Crippen molar-refractivity contribution in [2.45, 2.75) is 19.8 Å². The fraction of sp³-hybridized carbons (Fsp3) is 0.222. The number of hydrogen-bond donors (Lipinski definition) is 1. The quantitative estimate of drug-likeness (QED) is 0.735. The average Bonchev–Trinajstić information content (AvgIpc) is 2.85. The van der Waals surface area contributed by atoms with Gasteiger partial charge in [0.1, 0.15) is 12.0 Å². The predicted octanol–water partition coefficient (Wildman–Crippen LogP) is 3.21. The third-order valence-corrected chi connectivity index (χ3v) is 3.98. The summed E-state index contributed by atoms with van der Waals surface area (Å²) in [6, 6.07) is 7.97. The van der Waals surface area contributed by atoms with Gasteiger partial charge in [-0.05, 0) is 42.3 Å². The van der Waals surface area contributed by atoms with Gasteiger partial charge in [-0.3, -0.25) is 4.98 Å². The lowest BCUT2D eigenvalue weighted by Gasteiger charge is -2.11. The molecule has 0 amide bonds. The van der Waals surface area contributed by atoms with Crippen LogP contribution >= 0.6 is 0 Å². The fourth-order valence-corrected chi connectivity index (χ4v) is 2.95. The van der Waals surface area contributed by atoms with Gasteiger partial charge in [-0.15, -0.1) is 0 Å². The number of nitrogens with zero attached hydrogens (tertiary/aromatic N) is 1. The Balaban J connectivity index is 2.22. The molecular weight excluding hydrogens is 276 g/mol. The minimum absolute atomic E-state index is 0.405. The monoisotopic (exact) mass is 294 g/mol. The molecule has 0 atom stereocenters. The Hall–Kier alpha value is -2.62. The van der Waals surface area contributed by atoms with Gasteiger partial charge in [0.25, 0.3) is 0 Å². The summed E-state index contributed by atoms with van der Waals surface area (Å²) in [6.07, 6.45) is 5.67. The van der Waals surface area contributed by atoms with Crippen LogP contribution in [-0.4, -0.2) is 23.4 Å². The van der Waals surface area contributed by atoms with E-state index in [-0.39, 0.29) is 0 Å². The second-order valence-electron chi connectivity index (χ2n) is 5.30. The van der Waals surface area contributed by atoms with Crippen molar-refractivity contribution in [3.05, 3.63) is 59.0 Å². The molecule has 112 valence electrons. The molecule has 0 unspecified atom stereocenters. The largest absolute Gasteiger partial charge is 0.496 e. The minimum atomic E-state index is 0.405. The van der Waals surface area contributed by atoms with Crippen LogP contribution in [0.2, 0.25) is 0 Å². The molecule has 1 aromatic carbocycles. The van der Waals surface area contributed by atoms with Crippen molar-refractivity contribution in [3.8, 4) is 5.75 Å². The van der Waals surface area contributed by atoms with Gasteiger partial charge in [0, 0.05) is 47.4 Å². The number of benzene rings is 1. The summed E-state index contributed by atoms with van der Waals surface area (Å²) in [7, 11) is 1.68. The number of rotatable bonds is 5. The smallest absolute Gasteiger partial charge is 0.124 e. The van der Waals surface area contributed by atoms with Crippen LogP contribution in [0.15, 0.2) is 36.7 Å². The summed E-state index contributed by atoms with van der Waals surface area (Å²) in [5.41, 5.74) is 5.39. The number of nitrogens with one attached hydrogen (secondary N) is 1. The summed E-state index contributed by atoms with van der Waals surface area (Å²) < 4.78 is 5.55. The van der Waals surface area contributed by atoms with Crippen molar-refractivity contribution in [1.82, 2.24) is 9.97 Å². The van der Waals surface area contributed by atoms with E-state index >= 15 is 0 Å². The lowest BCUT2D eigenvalue weighted by atomic mass is 9.97. The highest BCUT2D eigenvalue weighted by atomic mass is 16.5. The number of aromatic amines is 1. The standard InChI is InChI=1S/C18H18N2O2/c1-12-14(7-10-21)18-15(11-13-5-8-19-9-6-13)17(22-2)4-3-16(18)20-12/h3-6,8-10,20H,7,11H2,1-2H3. The first-order valence-electron chi connectivity index (χ1n) is 7.24. The number of aromatic nitrogens is 2. The van der Waals surface area contributed by atoms with E-state index in [4.69, 9.17) is 4.74 Å². The van der Waals surface area contributed by atoms with Crippen molar-refractivity contribution >= 4 is 17.2 Å². The Morgan fingerprint density at radius 3 is 2.64 bits per heavy atom. The van der Waals surface area contributed by atoms with Gasteiger partial charge in [-0.1, -0.05) is 0 Å². The molecule has 22 heavy (non-hydrogen) atoms. The second kappa shape index (κ2) is 6.02. The van der Waals surface area contributed by atoms with E-state index in [1.54, 1.807) is 19.5 Å². The van der Waals surface area contributed by atoms with Gasteiger partial charge in [-0.25, -0.2) is 0 Å². The molecule has 2 aromatic heterocycles. The van der Waals surface area contributed by atoms with E-state index in [1.807, 2.05) is 31.2 Å². The molecule has 0 spiro atoms. The molecule has 3 rings (SSSR count). The number of fused-ring (bicyclic) bond motifs is 1. The Morgan fingerprint density at radius 1 is 1.18 bits per heavy atom. The van der Waals surface area contributed by atoms with E-state index in [0.29, 0.717) is 6.42 Å². The second-order valence-corrected chi connectivity index (χ2v) is 5.30. The van der Waals surface area contributed by atoms with E-state index in [2.05, 4.69) is 9.97 Å². The topological polar surface area (TPSA) is 55.0 Å². The lowest BCUT2D eigenvalue weighted by molar-refractivity contribution is -0.107. The number of carbonyl (C=O) groups is 1. The number of carbonyl (C=O) groups excluding carboxylic acids is 1. The first kappa shape index (κ1) is 14.3. The minimum Gasteiger partial charge on any atom is -0.496 e. The van der Waals surface area contributed by atoms with E-state index in [9.17, 15) is 4.79 Å². The van der Waals surface area contributed by atoms with Crippen LogP contribution in [0, 0.1) is 6.92 Å². The fourth-order valence-electron chi connectivity index (χ4n) is 2.95. The first-order chi connectivity index (χ1) is 10.7. The summed E-state index contributed by atoms with van der Waals surface area (Å²) >= 11 is 0. The molecule has 3 aromatic rings. The van der Waals surface area contributed by atoms with Gasteiger partial charge < -0.3 is 14.5 Å². The molecule has 0 fully saturated rings. The van der Waals surface area contributed by atoms with Crippen LogP contribution in [0.25, 0.3) is 10.9 Å². The van der Waals surface area contributed by atoms with Crippen molar-refractivity contribution in [2.75, 3.05) is 7.11 Å². The molecule has 0 saturated carbocycles. The van der Waals surface area contributed by atoms with Gasteiger partial charge in [0.2, 0.25) is 0 Å². The van der Waals surface area contributed by atoms with Crippen LogP contribution in [-0.2, 0) is 17.6 Å².